The van der Waals surface area contributed by atoms with Crippen molar-refractivity contribution >= 4 is 17.5 Å². The summed E-state index contributed by atoms with van der Waals surface area (Å²) in [6.45, 7) is 6.98. The van der Waals surface area contributed by atoms with E-state index in [4.69, 9.17) is 4.74 Å². The Morgan fingerprint density at radius 2 is 1.77 bits per heavy atom. The monoisotopic (exact) mass is 638 g/mol. The summed E-state index contributed by atoms with van der Waals surface area (Å²) in [5, 5.41) is 26.6. The molecule has 3 aromatic rings. The minimum absolute atomic E-state index is 0.0518. The predicted molar refractivity (Wildman–Crippen MR) is 187 cm³/mol. The molecule has 0 heterocycles. The van der Waals surface area contributed by atoms with Gasteiger partial charge in [0.05, 0.1) is 25.4 Å². The van der Waals surface area contributed by atoms with Gasteiger partial charge in [-0.05, 0) is 106 Å². The average molecular weight is 639 g/mol. The number of benzene rings is 3. The van der Waals surface area contributed by atoms with Gasteiger partial charge in [0.2, 0.25) is 0 Å². The minimum Gasteiger partial charge on any atom is -0.497 e. The second-order valence-electron chi connectivity index (χ2n) is 13.7. The van der Waals surface area contributed by atoms with E-state index in [1.54, 1.807) is 24.1 Å². The number of aliphatic hydroxyl groups is 2. The smallest absolute Gasteiger partial charge is 0.321 e. The second kappa shape index (κ2) is 14.9. The molecule has 0 saturated heterocycles. The third-order valence-electron chi connectivity index (χ3n) is 10.5. The summed E-state index contributed by atoms with van der Waals surface area (Å²) < 4.78 is 5.26. The number of aliphatic hydroxyl groups excluding tert-OH is 1. The topological polar surface area (TPSA) is 99.1 Å². The number of amides is 2. The van der Waals surface area contributed by atoms with Crippen molar-refractivity contribution in [1.82, 2.24) is 4.90 Å². The Bertz CT molecular complexity index is 1570. The second-order valence-corrected chi connectivity index (χ2v) is 13.7. The lowest BCUT2D eigenvalue weighted by Gasteiger charge is -2.46. The number of hydrogen-bond donors (Lipinski definition) is 3. The fourth-order valence-electron chi connectivity index (χ4n) is 7.66. The third kappa shape index (κ3) is 7.63. The van der Waals surface area contributed by atoms with Gasteiger partial charge in [-0.25, -0.2) is 4.79 Å². The maximum absolute atomic E-state index is 14.1. The maximum atomic E-state index is 14.1. The van der Waals surface area contributed by atoms with Crippen LogP contribution in [0.2, 0.25) is 0 Å². The number of nitrogens with zero attached hydrogens (tertiary/aromatic N) is 1. The van der Waals surface area contributed by atoms with Crippen LogP contribution in [-0.4, -0.2) is 58.8 Å². The molecule has 1 saturated carbocycles. The molecule has 2 amide bonds. The van der Waals surface area contributed by atoms with Gasteiger partial charge in [0, 0.05) is 28.8 Å². The van der Waals surface area contributed by atoms with Crippen molar-refractivity contribution in [3.8, 4) is 5.75 Å². The van der Waals surface area contributed by atoms with Gasteiger partial charge >= 0.3 is 6.03 Å². The van der Waals surface area contributed by atoms with E-state index in [1.807, 2.05) is 61.5 Å². The van der Waals surface area contributed by atoms with Crippen LogP contribution in [0.25, 0.3) is 0 Å². The van der Waals surface area contributed by atoms with Crippen LogP contribution in [0.5, 0.6) is 5.75 Å². The van der Waals surface area contributed by atoms with E-state index in [0.29, 0.717) is 61.2 Å². The van der Waals surface area contributed by atoms with Crippen LogP contribution in [0.15, 0.2) is 84.4 Å². The van der Waals surface area contributed by atoms with Crippen LogP contribution in [-0.2, 0) is 6.42 Å². The SMILES string of the molecule is CCCN(CC1(O)CCC2c3ccc(cc3C(=O)c3ccccc3)CC(O)CCC(C)=CCCC21C)C(=O)Nc1ccc(OC)cc1. The molecule has 0 radical (unpaired) electrons. The number of carbonyl (C=O) groups is 2. The molecular formula is C40H50N2O5. The van der Waals surface area contributed by atoms with Gasteiger partial charge in [-0.3, -0.25) is 4.79 Å². The number of carbonyl (C=O) groups excluding carboxylic acids is 2. The molecule has 4 unspecified atom stereocenters. The van der Waals surface area contributed by atoms with Gasteiger partial charge in [-0.15, -0.1) is 0 Å². The zero-order valence-corrected chi connectivity index (χ0v) is 28.3. The highest BCUT2D eigenvalue weighted by Crippen LogP contribution is 2.59. The molecule has 4 atom stereocenters. The predicted octanol–water partition coefficient (Wildman–Crippen LogP) is 7.91. The molecule has 3 aromatic carbocycles. The quantitative estimate of drug-likeness (QED) is 0.172. The molecule has 0 aliphatic heterocycles. The standard InChI is InChI=1S/C40H50N2O5/c1-5-24-42(38(45)41-31-15-18-33(47-4)19-16-31)27-40(46)23-21-36-34-20-14-29(26-35(34)37(44)30-11-7-6-8-12-30)25-32(43)17-13-28(2)10-9-22-39(36,40)3/h6-8,10-12,14-16,18-20,26,32,36,43,46H,5,9,13,17,21-25,27H2,1-4H3,(H,41,45). The Hall–Kier alpha value is -3.94. The number of ketones is 1. The minimum atomic E-state index is -1.19. The fourth-order valence-corrected chi connectivity index (χ4v) is 7.66. The molecule has 3 N–H and O–H groups in total. The summed E-state index contributed by atoms with van der Waals surface area (Å²) in [5.41, 5.74) is 3.17. The number of fused-ring (bicyclic) bond motifs is 8. The first-order valence-electron chi connectivity index (χ1n) is 17.1. The summed E-state index contributed by atoms with van der Waals surface area (Å²) in [6.07, 6.45) is 7.03. The lowest BCUT2D eigenvalue weighted by atomic mass is 9.64. The molecule has 250 valence electrons. The van der Waals surface area contributed by atoms with Gasteiger partial charge in [-0.2, -0.15) is 0 Å². The largest absolute Gasteiger partial charge is 0.497 e. The lowest BCUT2D eigenvalue weighted by Crippen LogP contribution is -2.54. The highest BCUT2D eigenvalue weighted by molar-refractivity contribution is 6.10. The van der Waals surface area contributed by atoms with Crippen molar-refractivity contribution in [3.05, 3.63) is 107 Å². The number of urea groups is 1. The first-order valence-corrected chi connectivity index (χ1v) is 17.1. The van der Waals surface area contributed by atoms with Crippen molar-refractivity contribution in [2.24, 2.45) is 5.41 Å². The first-order chi connectivity index (χ1) is 22.6. The molecular weight excluding hydrogens is 588 g/mol. The highest BCUT2D eigenvalue weighted by atomic mass is 16.5. The normalized spacial score (nSPS) is 24.5. The van der Waals surface area contributed by atoms with Crippen LogP contribution < -0.4 is 10.1 Å². The molecule has 0 aromatic heterocycles. The molecule has 0 spiro atoms. The maximum Gasteiger partial charge on any atom is 0.321 e. The number of rotatable bonds is 8. The van der Waals surface area contributed by atoms with Gasteiger partial charge in [0.25, 0.3) is 0 Å². The molecule has 7 heteroatoms. The van der Waals surface area contributed by atoms with Crippen LogP contribution in [0, 0.1) is 5.41 Å². The van der Waals surface area contributed by atoms with Gasteiger partial charge < -0.3 is 25.2 Å². The van der Waals surface area contributed by atoms with E-state index in [1.165, 1.54) is 5.57 Å². The Kier molecular flexibility index (Phi) is 10.9. The number of ether oxygens (including phenoxy) is 1. The average Bonchev–Trinajstić information content (AvgIpc) is 3.32. The molecule has 3 aliphatic carbocycles. The molecule has 3 aliphatic rings. The summed E-state index contributed by atoms with van der Waals surface area (Å²) in [5.74, 6) is 0.544. The van der Waals surface area contributed by atoms with Crippen molar-refractivity contribution in [2.45, 2.75) is 89.8 Å². The van der Waals surface area contributed by atoms with E-state index in [2.05, 4.69) is 31.3 Å². The van der Waals surface area contributed by atoms with Crippen molar-refractivity contribution in [2.75, 3.05) is 25.5 Å². The van der Waals surface area contributed by atoms with E-state index in [-0.39, 0.29) is 24.3 Å². The summed E-state index contributed by atoms with van der Waals surface area (Å²) in [7, 11) is 1.61. The van der Waals surface area contributed by atoms with Crippen LogP contribution in [0.4, 0.5) is 10.5 Å². The Morgan fingerprint density at radius 3 is 2.47 bits per heavy atom. The highest BCUT2D eigenvalue weighted by Gasteiger charge is 2.57. The van der Waals surface area contributed by atoms with E-state index in [0.717, 1.165) is 30.4 Å². The van der Waals surface area contributed by atoms with Crippen LogP contribution in [0.3, 0.4) is 0 Å². The van der Waals surface area contributed by atoms with Crippen molar-refractivity contribution < 1.29 is 24.5 Å². The summed E-state index contributed by atoms with van der Waals surface area (Å²) in [6, 6.07) is 22.4. The number of anilines is 1. The van der Waals surface area contributed by atoms with E-state index in [9.17, 15) is 19.8 Å². The fraction of sp³-hybridized carbons (Fsp3) is 0.450. The number of nitrogens with one attached hydrogen (secondary N) is 1. The molecule has 6 rings (SSSR count). The number of hydrogen-bond acceptors (Lipinski definition) is 5. The number of allylic oxidation sites excluding steroid dienone is 2. The molecule has 47 heavy (non-hydrogen) atoms. The van der Waals surface area contributed by atoms with E-state index < -0.39 is 17.1 Å². The van der Waals surface area contributed by atoms with Crippen LogP contribution >= 0.6 is 0 Å². The zero-order chi connectivity index (χ0) is 33.6. The Labute approximate surface area is 279 Å². The first kappa shape index (κ1) is 34.4. The molecule has 2 bridgehead atoms. The van der Waals surface area contributed by atoms with Gasteiger partial charge in [-0.1, -0.05) is 68.0 Å². The van der Waals surface area contributed by atoms with E-state index >= 15 is 0 Å². The zero-order valence-electron chi connectivity index (χ0n) is 28.3. The van der Waals surface area contributed by atoms with Gasteiger partial charge in [0.15, 0.2) is 5.78 Å². The summed E-state index contributed by atoms with van der Waals surface area (Å²) >= 11 is 0. The third-order valence-corrected chi connectivity index (χ3v) is 10.5. The van der Waals surface area contributed by atoms with Crippen LogP contribution in [0.1, 0.15) is 98.7 Å². The Balaban J connectivity index is 1.53. The molecule has 7 nitrogen and oxygen atoms in total. The van der Waals surface area contributed by atoms with Crippen molar-refractivity contribution in [1.29, 1.82) is 0 Å². The summed E-state index contributed by atoms with van der Waals surface area (Å²) in [4.78, 5) is 29.6. The van der Waals surface area contributed by atoms with Crippen molar-refractivity contribution in [3.63, 3.8) is 0 Å². The number of methoxy groups -OCH3 is 1. The Morgan fingerprint density at radius 1 is 1.02 bits per heavy atom. The lowest BCUT2D eigenvalue weighted by molar-refractivity contribution is -0.0763. The molecule has 1 fully saturated rings. The van der Waals surface area contributed by atoms with Gasteiger partial charge in [0.1, 0.15) is 5.75 Å².